The molecular formula is C32H36Cl3N3O4S. The first kappa shape index (κ1) is 33.1. The Hall–Kier alpha value is -2.78. The van der Waals surface area contributed by atoms with Crippen molar-refractivity contribution in [3.05, 3.63) is 98.5 Å². The molecule has 0 bridgehead atoms. The van der Waals surface area contributed by atoms with Crippen LogP contribution in [0.2, 0.25) is 15.1 Å². The number of hydrogen-bond acceptors (Lipinski definition) is 4. The minimum atomic E-state index is -3.91. The second-order valence-electron chi connectivity index (χ2n) is 11.0. The second-order valence-corrected chi connectivity index (χ2v) is 14.1. The normalized spacial score (nSPS) is 14.6. The number of carbonyl (C=O) groups excluding carboxylic acids is 2. The molecule has 4 rings (SSSR count). The van der Waals surface area contributed by atoms with Crippen molar-refractivity contribution in [2.24, 2.45) is 0 Å². The number of benzene rings is 3. The van der Waals surface area contributed by atoms with E-state index in [4.69, 9.17) is 34.8 Å². The van der Waals surface area contributed by atoms with Gasteiger partial charge >= 0.3 is 0 Å². The van der Waals surface area contributed by atoms with Gasteiger partial charge in [0.25, 0.3) is 0 Å². The van der Waals surface area contributed by atoms with Gasteiger partial charge in [-0.1, -0.05) is 90.5 Å². The number of aryl methyl sites for hydroxylation is 1. The zero-order valence-corrected chi connectivity index (χ0v) is 27.3. The molecule has 1 aliphatic carbocycles. The summed E-state index contributed by atoms with van der Waals surface area (Å²) in [5.74, 6) is -0.878. The molecule has 0 radical (unpaired) electrons. The van der Waals surface area contributed by atoms with Crippen molar-refractivity contribution >= 4 is 62.3 Å². The zero-order valence-electron chi connectivity index (χ0n) is 24.2. The Kier molecular flexibility index (Phi) is 11.4. The van der Waals surface area contributed by atoms with Crippen molar-refractivity contribution in [3.63, 3.8) is 0 Å². The van der Waals surface area contributed by atoms with Gasteiger partial charge in [-0.2, -0.15) is 0 Å². The summed E-state index contributed by atoms with van der Waals surface area (Å²) >= 11 is 19.2. The summed E-state index contributed by atoms with van der Waals surface area (Å²) in [5, 5.41) is 4.29. The number of nitrogens with one attached hydrogen (secondary N) is 1. The summed E-state index contributed by atoms with van der Waals surface area (Å²) in [6.07, 6.45) is 6.16. The fourth-order valence-electron chi connectivity index (χ4n) is 5.45. The predicted molar refractivity (Wildman–Crippen MR) is 174 cm³/mol. The average molecular weight is 665 g/mol. The van der Waals surface area contributed by atoms with Gasteiger partial charge in [0, 0.05) is 39.6 Å². The Bertz CT molecular complexity index is 1530. The minimum absolute atomic E-state index is 0.00427. The van der Waals surface area contributed by atoms with Gasteiger partial charge in [0.05, 0.1) is 11.9 Å². The highest BCUT2D eigenvalue weighted by molar-refractivity contribution is 7.92. The molecule has 1 atom stereocenters. The molecule has 3 aromatic rings. The van der Waals surface area contributed by atoms with Crippen LogP contribution in [0.3, 0.4) is 0 Å². The molecule has 1 fully saturated rings. The third-order valence-corrected chi connectivity index (χ3v) is 9.79. The standard InChI is InChI=1S/C32H36Cl3N3O4S/c1-22-18-24(33)16-17-29(22)38(43(2,41)42)21-31(39)37(20-26-27(34)14-9-15-28(26)35)30(19-23-10-5-3-6-11-23)32(40)36-25-12-7-4-8-13-25/h3,5-6,9-11,14-18,25,30H,4,7-8,12-13,19-21H2,1-2H3,(H,36,40). The van der Waals surface area contributed by atoms with Crippen LogP contribution in [0.25, 0.3) is 0 Å². The fraction of sp³-hybridized carbons (Fsp3) is 0.375. The van der Waals surface area contributed by atoms with Crippen molar-refractivity contribution < 1.29 is 18.0 Å². The molecule has 1 aliphatic rings. The Balaban J connectivity index is 1.77. The van der Waals surface area contributed by atoms with E-state index >= 15 is 0 Å². The molecule has 1 N–H and O–H groups in total. The highest BCUT2D eigenvalue weighted by Crippen LogP contribution is 2.29. The van der Waals surface area contributed by atoms with Crippen LogP contribution >= 0.6 is 34.8 Å². The molecule has 0 aliphatic heterocycles. The summed E-state index contributed by atoms with van der Waals surface area (Å²) in [5.41, 5.74) is 2.23. The molecule has 230 valence electrons. The Morgan fingerprint density at radius 3 is 2.19 bits per heavy atom. The van der Waals surface area contributed by atoms with Crippen molar-refractivity contribution in [2.75, 3.05) is 17.1 Å². The molecule has 3 aromatic carbocycles. The second kappa shape index (κ2) is 14.8. The van der Waals surface area contributed by atoms with Gasteiger partial charge in [-0.25, -0.2) is 8.42 Å². The predicted octanol–water partition coefficient (Wildman–Crippen LogP) is 6.81. The van der Waals surface area contributed by atoms with Crippen LogP contribution in [0.15, 0.2) is 66.7 Å². The maximum absolute atomic E-state index is 14.3. The summed E-state index contributed by atoms with van der Waals surface area (Å²) in [4.78, 5) is 29.8. The molecule has 2 amide bonds. The first-order valence-corrected chi connectivity index (χ1v) is 17.2. The maximum atomic E-state index is 14.3. The topological polar surface area (TPSA) is 86.8 Å². The highest BCUT2D eigenvalue weighted by Gasteiger charge is 2.35. The molecule has 7 nitrogen and oxygen atoms in total. The third-order valence-electron chi connectivity index (χ3n) is 7.72. The van der Waals surface area contributed by atoms with Crippen LogP contribution in [0.4, 0.5) is 5.69 Å². The van der Waals surface area contributed by atoms with Crippen LogP contribution in [-0.4, -0.2) is 50.0 Å². The summed E-state index contributed by atoms with van der Waals surface area (Å²) in [6.45, 7) is 1.09. The lowest BCUT2D eigenvalue weighted by molar-refractivity contribution is -0.140. The van der Waals surface area contributed by atoms with Crippen LogP contribution in [0.1, 0.15) is 48.8 Å². The Labute approximate surface area is 269 Å². The van der Waals surface area contributed by atoms with Gasteiger partial charge < -0.3 is 10.2 Å². The molecule has 1 saturated carbocycles. The van der Waals surface area contributed by atoms with Gasteiger partial charge in [-0.05, 0) is 61.2 Å². The summed E-state index contributed by atoms with van der Waals surface area (Å²) in [6, 6.07) is 18.3. The molecule has 0 saturated heterocycles. The van der Waals surface area contributed by atoms with E-state index in [0.29, 0.717) is 31.9 Å². The van der Waals surface area contributed by atoms with E-state index in [1.807, 2.05) is 30.3 Å². The van der Waals surface area contributed by atoms with Gasteiger partial charge in [0.2, 0.25) is 21.8 Å². The van der Waals surface area contributed by atoms with E-state index in [2.05, 4.69) is 5.32 Å². The van der Waals surface area contributed by atoms with Crippen molar-refractivity contribution in [3.8, 4) is 0 Å². The number of carbonyl (C=O) groups is 2. The number of halogens is 3. The lowest BCUT2D eigenvalue weighted by Crippen LogP contribution is -2.55. The minimum Gasteiger partial charge on any atom is -0.352 e. The van der Waals surface area contributed by atoms with Gasteiger partial charge in [-0.15, -0.1) is 0 Å². The van der Waals surface area contributed by atoms with E-state index in [9.17, 15) is 18.0 Å². The summed E-state index contributed by atoms with van der Waals surface area (Å²) < 4.78 is 27.1. The summed E-state index contributed by atoms with van der Waals surface area (Å²) in [7, 11) is -3.91. The molecule has 1 unspecified atom stereocenters. The Morgan fingerprint density at radius 1 is 0.930 bits per heavy atom. The average Bonchev–Trinajstić information content (AvgIpc) is 2.95. The van der Waals surface area contributed by atoms with Crippen molar-refractivity contribution in [1.29, 1.82) is 0 Å². The zero-order chi connectivity index (χ0) is 31.1. The van der Waals surface area contributed by atoms with Gasteiger partial charge in [0.1, 0.15) is 12.6 Å². The molecule has 0 aromatic heterocycles. The lowest BCUT2D eigenvalue weighted by atomic mass is 9.94. The number of sulfonamides is 1. The number of rotatable bonds is 11. The molecular weight excluding hydrogens is 629 g/mol. The van der Waals surface area contributed by atoms with E-state index < -0.39 is 28.5 Å². The maximum Gasteiger partial charge on any atom is 0.244 e. The number of nitrogens with zero attached hydrogens (tertiary/aromatic N) is 2. The van der Waals surface area contributed by atoms with Crippen LogP contribution in [0.5, 0.6) is 0 Å². The number of amides is 2. The van der Waals surface area contributed by atoms with Crippen molar-refractivity contribution in [1.82, 2.24) is 10.2 Å². The van der Waals surface area contributed by atoms with E-state index in [0.717, 1.165) is 48.2 Å². The van der Waals surface area contributed by atoms with Gasteiger partial charge in [-0.3, -0.25) is 13.9 Å². The third kappa shape index (κ3) is 8.88. The first-order valence-electron chi connectivity index (χ1n) is 14.2. The monoisotopic (exact) mass is 663 g/mol. The highest BCUT2D eigenvalue weighted by atomic mass is 35.5. The molecule has 43 heavy (non-hydrogen) atoms. The van der Waals surface area contributed by atoms with E-state index in [-0.39, 0.29) is 24.9 Å². The quantitative estimate of drug-likeness (QED) is 0.244. The SMILES string of the molecule is Cc1cc(Cl)ccc1N(CC(=O)N(Cc1c(Cl)cccc1Cl)C(Cc1ccccc1)C(=O)NC1CCCCC1)S(C)(=O)=O. The van der Waals surface area contributed by atoms with E-state index in [1.54, 1.807) is 43.3 Å². The van der Waals surface area contributed by atoms with Crippen molar-refractivity contribution in [2.45, 2.75) is 64.1 Å². The fourth-order valence-corrected chi connectivity index (χ4v) is 7.10. The molecule has 11 heteroatoms. The largest absolute Gasteiger partial charge is 0.352 e. The lowest BCUT2D eigenvalue weighted by Gasteiger charge is -2.35. The number of anilines is 1. The van der Waals surface area contributed by atoms with E-state index in [1.165, 1.54) is 4.90 Å². The van der Waals surface area contributed by atoms with Crippen LogP contribution in [0, 0.1) is 6.92 Å². The first-order chi connectivity index (χ1) is 20.4. The smallest absolute Gasteiger partial charge is 0.244 e. The number of hydrogen-bond donors (Lipinski definition) is 1. The van der Waals surface area contributed by atoms with Crippen LogP contribution < -0.4 is 9.62 Å². The van der Waals surface area contributed by atoms with Crippen LogP contribution in [-0.2, 0) is 32.6 Å². The van der Waals surface area contributed by atoms with Gasteiger partial charge in [0.15, 0.2) is 0 Å². The molecule has 0 spiro atoms. The Morgan fingerprint density at radius 2 is 1.58 bits per heavy atom. The molecule has 0 heterocycles.